The molecule has 18 heavy (non-hydrogen) atoms. The summed E-state index contributed by atoms with van der Waals surface area (Å²) in [6.07, 6.45) is 0. The molecule has 0 aliphatic heterocycles. The molecule has 0 radical (unpaired) electrons. The Labute approximate surface area is 101 Å². The maximum atomic E-state index is 12.8. The molecule has 0 amide bonds. The van der Waals surface area contributed by atoms with Gasteiger partial charge in [-0.3, -0.25) is 9.89 Å². The van der Waals surface area contributed by atoms with E-state index in [0.717, 1.165) is 0 Å². The van der Waals surface area contributed by atoms with Gasteiger partial charge in [0, 0.05) is 5.69 Å². The number of rotatable bonds is 2. The van der Waals surface area contributed by atoms with Gasteiger partial charge in [0.1, 0.15) is 5.82 Å². The summed E-state index contributed by atoms with van der Waals surface area (Å²) >= 11 is 0. The molecular formula is C12H9FN2O3. The van der Waals surface area contributed by atoms with Crippen LogP contribution in [0.2, 0.25) is 0 Å². The number of hydrogen-bond acceptors (Lipinski definition) is 3. The Morgan fingerprint density at radius 2 is 1.94 bits per heavy atom. The average Bonchev–Trinajstić information content (AvgIpc) is 2.31. The summed E-state index contributed by atoms with van der Waals surface area (Å²) in [5.74, 6) is -1.83. The van der Waals surface area contributed by atoms with Gasteiger partial charge in [-0.2, -0.15) is 5.10 Å². The van der Waals surface area contributed by atoms with E-state index in [-0.39, 0.29) is 5.56 Å². The Morgan fingerprint density at radius 3 is 2.50 bits per heavy atom. The summed E-state index contributed by atoms with van der Waals surface area (Å²) in [4.78, 5) is 22.8. The van der Waals surface area contributed by atoms with E-state index in [9.17, 15) is 14.0 Å². The van der Waals surface area contributed by atoms with E-state index in [1.807, 2.05) is 0 Å². The van der Waals surface area contributed by atoms with Crippen LogP contribution in [0.5, 0.6) is 0 Å². The molecule has 0 fully saturated rings. The number of nitrogens with zero attached hydrogens (tertiary/aromatic N) is 1. The monoisotopic (exact) mass is 248 g/mol. The van der Waals surface area contributed by atoms with E-state index in [4.69, 9.17) is 5.11 Å². The van der Waals surface area contributed by atoms with Crippen LogP contribution in [-0.2, 0) is 0 Å². The van der Waals surface area contributed by atoms with Gasteiger partial charge in [0.25, 0.3) is 0 Å². The molecule has 2 rings (SSSR count). The lowest BCUT2D eigenvalue weighted by atomic mass is 10.0. The van der Waals surface area contributed by atoms with E-state index < -0.39 is 22.9 Å². The minimum absolute atomic E-state index is 0.183. The average molecular weight is 248 g/mol. The number of aromatic amines is 1. The van der Waals surface area contributed by atoms with Crippen LogP contribution in [0.4, 0.5) is 4.39 Å². The van der Waals surface area contributed by atoms with Crippen molar-refractivity contribution in [2.24, 2.45) is 0 Å². The summed E-state index contributed by atoms with van der Waals surface area (Å²) < 4.78 is 12.8. The third kappa shape index (κ3) is 2.00. The van der Waals surface area contributed by atoms with Gasteiger partial charge in [0.15, 0.2) is 0 Å². The van der Waals surface area contributed by atoms with Crippen molar-refractivity contribution in [1.29, 1.82) is 0 Å². The molecule has 0 bridgehead atoms. The highest BCUT2D eigenvalue weighted by molar-refractivity contribution is 5.87. The first-order chi connectivity index (χ1) is 8.50. The van der Waals surface area contributed by atoms with Gasteiger partial charge in [-0.1, -0.05) is 12.1 Å². The predicted molar refractivity (Wildman–Crippen MR) is 61.9 cm³/mol. The number of carboxylic acid groups (broad SMARTS) is 1. The molecule has 0 aliphatic carbocycles. The van der Waals surface area contributed by atoms with Crippen molar-refractivity contribution in [3.05, 3.63) is 51.7 Å². The van der Waals surface area contributed by atoms with Crippen molar-refractivity contribution in [3.8, 4) is 11.1 Å². The Hall–Kier alpha value is -2.50. The maximum Gasteiger partial charge on any atom is 0.360 e. The van der Waals surface area contributed by atoms with Crippen LogP contribution in [0.15, 0.2) is 29.1 Å². The second-order valence-electron chi connectivity index (χ2n) is 3.71. The van der Waals surface area contributed by atoms with Gasteiger partial charge < -0.3 is 5.11 Å². The Bertz CT molecular complexity index is 662. The first kappa shape index (κ1) is 12.0. The lowest BCUT2D eigenvalue weighted by Gasteiger charge is -2.05. The van der Waals surface area contributed by atoms with Crippen molar-refractivity contribution in [3.63, 3.8) is 0 Å². The second-order valence-corrected chi connectivity index (χ2v) is 3.71. The largest absolute Gasteiger partial charge is 0.476 e. The van der Waals surface area contributed by atoms with Gasteiger partial charge in [-0.25, -0.2) is 9.18 Å². The van der Waals surface area contributed by atoms with Gasteiger partial charge in [-0.05, 0) is 24.6 Å². The highest BCUT2D eigenvalue weighted by Crippen LogP contribution is 2.18. The minimum atomic E-state index is -1.40. The molecule has 1 heterocycles. The van der Waals surface area contributed by atoms with E-state index in [2.05, 4.69) is 10.2 Å². The quantitative estimate of drug-likeness (QED) is 0.845. The molecule has 0 atom stereocenters. The van der Waals surface area contributed by atoms with Crippen LogP contribution >= 0.6 is 0 Å². The van der Waals surface area contributed by atoms with Gasteiger partial charge >= 0.3 is 5.97 Å². The number of aromatic carboxylic acids is 1. The molecule has 6 heteroatoms. The van der Waals surface area contributed by atoms with Crippen molar-refractivity contribution < 1.29 is 14.3 Å². The predicted octanol–water partition coefficient (Wildman–Crippen LogP) is 1.58. The zero-order chi connectivity index (χ0) is 13.3. The first-order valence-electron chi connectivity index (χ1n) is 5.09. The lowest BCUT2D eigenvalue weighted by molar-refractivity contribution is 0.0687. The van der Waals surface area contributed by atoms with E-state index in [1.54, 1.807) is 6.92 Å². The number of carbonyl (C=O) groups is 1. The van der Waals surface area contributed by atoms with Crippen LogP contribution in [0, 0.1) is 12.7 Å². The number of hydrogen-bond donors (Lipinski definition) is 2. The Morgan fingerprint density at radius 1 is 1.33 bits per heavy atom. The van der Waals surface area contributed by atoms with E-state index >= 15 is 0 Å². The third-order valence-corrected chi connectivity index (χ3v) is 2.49. The normalized spacial score (nSPS) is 10.3. The molecule has 0 unspecified atom stereocenters. The zero-order valence-corrected chi connectivity index (χ0v) is 9.40. The molecular weight excluding hydrogens is 239 g/mol. The number of carboxylic acids is 1. The van der Waals surface area contributed by atoms with Gasteiger partial charge in [0.2, 0.25) is 11.1 Å². The van der Waals surface area contributed by atoms with Crippen LogP contribution in [-0.4, -0.2) is 21.3 Å². The van der Waals surface area contributed by atoms with Crippen LogP contribution in [0.25, 0.3) is 11.1 Å². The molecule has 0 saturated carbocycles. The number of aromatic nitrogens is 2. The zero-order valence-electron chi connectivity index (χ0n) is 9.40. The van der Waals surface area contributed by atoms with Gasteiger partial charge in [0.05, 0.1) is 5.56 Å². The molecule has 92 valence electrons. The maximum absolute atomic E-state index is 12.8. The molecule has 1 aromatic heterocycles. The smallest absolute Gasteiger partial charge is 0.360 e. The highest BCUT2D eigenvalue weighted by atomic mass is 19.1. The second kappa shape index (κ2) is 4.40. The van der Waals surface area contributed by atoms with Crippen molar-refractivity contribution in [2.75, 3.05) is 0 Å². The van der Waals surface area contributed by atoms with E-state index in [0.29, 0.717) is 11.3 Å². The fourth-order valence-corrected chi connectivity index (χ4v) is 1.64. The summed E-state index contributed by atoms with van der Waals surface area (Å²) in [5.41, 5.74) is -0.218. The number of nitrogens with one attached hydrogen (secondary N) is 1. The molecule has 0 saturated heterocycles. The number of H-pyrrole nitrogens is 1. The number of halogens is 1. The Balaban J connectivity index is 2.71. The van der Waals surface area contributed by atoms with Gasteiger partial charge in [-0.15, -0.1) is 0 Å². The standard InChI is InChI=1S/C12H9FN2O3/c1-6-9(7-2-4-8(13)5-3-7)11(16)10(12(17)18)15-14-6/h2-5H,1H3,(H,14,16)(H,17,18). The van der Waals surface area contributed by atoms with E-state index in [1.165, 1.54) is 24.3 Å². The van der Waals surface area contributed by atoms with Crippen molar-refractivity contribution >= 4 is 5.97 Å². The van der Waals surface area contributed by atoms with Crippen LogP contribution < -0.4 is 5.43 Å². The third-order valence-electron chi connectivity index (χ3n) is 2.49. The Kier molecular flexibility index (Phi) is 2.93. The van der Waals surface area contributed by atoms with Crippen molar-refractivity contribution in [1.82, 2.24) is 10.2 Å². The van der Waals surface area contributed by atoms with Crippen molar-refractivity contribution in [2.45, 2.75) is 6.92 Å². The molecule has 2 N–H and O–H groups in total. The fraction of sp³-hybridized carbons (Fsp3) is 0.0833. The fourth-order valence-electron chi connectivity index (χ4n) is 1.64. The lowest BCUT2D eigenvalue weighted by Crippen LogP contribution is -2.21. The summed E-state index contributed by atoms with van der Waals surface area (Å²) in [5, 5.41) is 14.8. The summed E-state index contributed by atoms with van der Waals surface area (Å²) in [6.45, 7) is 1.60. The SMILES string of the molecule is Cc1[nH]nc(C(=O)O)c(=O)c1-c1ccc(F)cc1. The van der Waals surface area contributed by atoms with Crippen LogP contribution in [0.3, 0.4) is 0 Å². The number of benzene rings is 1. The molecule has 2 aromatic rings. The summed E-state index contributed by atoms with van der Waals surface area (Å²) in [7, 11) is 0. The topological polar surface area (TPSA) is 83.1 Å². The highest BCUT2D eigenvalue weighted by Gasteiger charge is 2.17. The molecule has 5 nitrogen and oxygen atoms in total. The first-order valence-corrected chi connectivity index (χ1v) is 5.09. The molecule has 0 spiro atoms. The summed E-state index contributed by atoms with van der Waals surface area (Å²) in [6, 6.07) is 5.24. The minimum Gasteiger partial charge on any atom is -0.476 e. The molecule has 1 aromatic carbocycles. The van der Waals surface area contributed by atoms with Crippen LogP contribution in [0.1, 0.15) is 16.2 Å². The number of aryl methyl sites for hydroxylation is 1. The molecule has 0 aliphatic rings.